The van der Waals surface area contributed by atoms with E-state index in [4.69, 9.17) is 4.74 Å². The largest absolute Gasteiger partial charge is 0.494 e. The van der Waals surface area contributed by atoms with Gasteiger partial charge in [0.15, 0.2) is 0 Å². The fourth-order valence-corrected chi connectivity index (χ4v) is 3.94. The smallest absolute Gasteiger partial charge is 0.322 e. The molecule has 0 aliphatic carbocycles. The zero-order valence-corrected chi connectivity index (χ0v) is 16.1. The Morgan fingerprint density at radius 2 is 1.96 bits per heavy atom. The summed E-state index contributed by atoms with van der Waals surface area (Å²) in [5, 5.41) is 3.05. The Hall–Kier alpha value is -3.02. The van der Waals surface area contributed by atoms with Crippen molar-refractivity contribution < 1.29 is 14.3 Å². The summed E-state index contributed by atoms with van der Waals surface area (Å²) in [5.74, 6) is 0.806. The monoisotopic (exact) mass is 379 g/mol. The number of urea groups is 1. The number of carbonyl (C=O) groups excluding carboxylic acids is 2. The minimum atomic E-state index is -0.194. The highest BCUT2D eigenvalue weighted by atomic mass is 16.5. The van der Waals surface area contributed by atoms with Gasteiger partial charge in [-0.25, -0.2) is 4.79 Å². The lowest BCUT2D eigenvalue weighted by Gasteiger charge is -2.30. The number of amides is 3. The highest BCUT2D eigenvalue weighted by molar-refractivity contribution is 5.98. The molecule has 3 amide bonds. The van der Waals surface area contributed by atoms with Gasteiger partial charge in [0.25, 0.3) is 0 Å². The highest BCUT2D eigenvalue weighted by Crippen LogP contribution is 2.28. The topological polar surface area (TPSA) is 61.9 Å². The molecule has 2 aliphatic rings. The molecule has 1 N–H and O–H groups in total. The van der Waals surface area contributed by atoms with Gasteiger partial charge in [-0.15, -0.1) is 0 Å². The predicted octanol–water partition coefficient (Wildman–Crippen LogP) is 3.35. The van der Waals surface area contributed by atoms with E-state index >= 15 is 0 Å². The van der Waals surface area contributed by atoms with E-state index in [1.165, 1.54) is 5.56 Å². The van der Waals surface area contributed by atoms with Gasteiger partial charge in [-0.05, 0) is 55.7 Å². The Balaban J connectivity index is 1.41. The van der Waals surface area contributed by atoms with Crippen LogP contribution in [0.25, 0.3) is 0 Å². The third-order valence-corrected chi connectivity index (χ3v) is 5.27. The Bertz CT molecular complexity index is 866. The van der Waals surface area contributed by atoms with Crippen LogP contribution in [0.2, 0.25) is 0 Å². The summed E-state index contributed by atoms with van der Waals surface area (Å²) in [5.41, 5.74) is 3.00. The number of fused-ring (bicyclic) bond motifs is 1. The first-order valence-corrected chi connectivity index (χ1v) is 9.85. The van der Waals surface area contributed by atoms with Crippen molar-refractivity contribution in [2.45, 2.75) is 32.2 Å². The maximum atomic E-state index is 12.9. The minimum Gasteiger partial charge on any atom is -0.494 e. The molecule has 0 bridgehead atoms. The van der Waals surface area contributed by atoms with E-state index in [-0.39, 0.29) is 18.0 Å². The lowest BCUT2D eigenvalue weighted by Crippen LogP contribution is -2.47. The van der Waals surface area contributed by atoms with Crippen molar-refractivity contribution in [2.24, 2.45) is 0 Å². The number of anilines is 2. The molecule has 28 heavy (non-hydrogen) atoms. The van der Waals surface area contributed by atoms with Crippen molar-refractivity contribution in [3.63, 3.8) is 0 Å². The van der Waals surface area contributed by atoms with Gasteiger partial charge in [0, 0.05) is 30.9 Å². The number of rotatable bonds is 4. The van der Waals surface area contributed by atoms with Gasteiger partial charge in [0.1, 0.15) is 5.75 Å². The number of aryl methyl sites for hydroxylation is 1. The first-order valence-electron chi connectivity index (χ1n) is 9.85. The van der Waals surface area contributed by atoms with Crippen LogP contribution < -0.4 is 19.9 Å². The van der Waals surface area contributed by atoms with E-state index in [0.717, 1.165) is 30.0 Å². The fraction of sp³-hybridized carbons (Fsp3) is 0.364. The van der Waals surface area contributed by atoms with Gasteiger partial charge in [-0.1, -0.05) is 18.2 Å². The van der Waals surface area contributed by atoms with Gasteiger partial charge >= 0.3 is 6.03 Å². The number of hydrogen-bond donors (Lipinski definition) is 1. The normalized spacial score (nSPS) is 18.8. The maximum Gasteiger partial charge on any atom is 0.322 e. The Morgan fingerprint density at radius 1 is 1.18 bits per heavy atom. The molecular weight excluding hydrogens is 354 g/mol. The molecule has 0 spiro atoms. The molecule has 0 unspecified atom stereocenters. The van der Waals surface area contributed by atoms with Gasteiger partial charge in [-0.3, -0.25) is 9.69 Å². The van der Waals surface area contributed by atoms with Crippen LogP contribution in [0.15, 0.2) is 48.5 Å². The van der Waals surface area contributed by atoms with Crippen LogP contribution in [0.1, 0.15) is 25.3 Å². The minimum absolute atomic E-state index is 0.0218. The SMILES string of the molecule is CCOc1ccc(N2C[C@@H](NC(=O)N3CCCc4ccccc43)CC2=O)cc1. The number of para-hydroxylation sites is 1. The van der Waals surface area contributed by atoms with E-state index in [1.54, 1.807) is 9.80 Å². The molecule has 2 heterocycles. The van der Waals surface area contributed by atoms with Crippen LogP contribution in [0.5, 0.6) is 5.75 Å². The number of hydrogen-bond acceptors (Lipinski definition) is 3. The van der Waals surface area contributed by atoms with Crippen LogP contribution in [-0.2, 0) is 11.2 Å². The van der Waals surface area contributed by atoms with Gasteiger partial charge < -0.3 is 15.0 Å². The molecule has 1 fully saturated rings. The number of ether oxygens (including phenoxy) is 1. The molecule has 2 aromatic rings. The second kappa shape index (κ2) is 7.92. The summed E-state index contributed by atoms with van der Waals surface area (Å²) in [6.45, 7) is 3.72. The van der Waals surface area contributed by atoms with E-state index in [9.17, 15) is 9.59 Å². The van der Waals surface area contributed by atoms with Crippen molar-refractivity contribution in [1.82, 2.24) is 5.32 Å². The molecular formula is C22H25N3O3. The zero-order valence-electron chi connectivity index (χ0n) is 16.1. The Kier molecular flexibility index (Phi) is 5.19. The number of carbonyl (C=O) groups is 2. The fourth-order valence-electron chi connectivity index (χ4n) is 3.94. The Labute approximate surface area is 165 Å². The van der Waals surface area contributed by atoms with E-state index in [1.807, 2.05) is 49.4 Å². The summed E-state index contributed by atoms with van der Waals surface area (Å²) in [4.78, 5) is 28.9. The Morgan fingerprint density at radius 3 is 2.75 bits per heavy atom. The first-order chi connectivity index (χ1) is 13.7. The van der Waals surface area contributed by atoms with Crippen LogP contribution in [0.4, 0.5) is 16.2 Å². The third kappa shape index (κ3) is 3.67. The molecule has 1 atom stereocenters. The highest BCUT2D eigenvalue weighted by Gasteiger charge is 2.33. The van der Waals surface area contributed by atoms with E-state index < -0.39 is 0 Å². The number of benzene rings is 2. The molecule has 2 aliphatic heterocycles. The summed E-state index contributed by atoms with van der Waals surface area (Å²) in [7, 11) is 0. The summed E-state index contributed by atoms with van der Waals surface area (Å²) >= 11 is 0. The average molecular weight is 379 g/mol. The molecule has 0 aromatic heterocycles. The van der Waals surface area contributed by atoms with Crippen LogP contribution in [0, 0.1) is 0 Å². The molecule has 4 rings (SSSR count). The maximum absolute atomic E-state index is 12.9. The van der Waals surface area contributed by atoms with Gasteiger partial charge in [-0.2, -0.15) is 0 Å². The van der Waals surface area contributed by atoms with Crippen molar-refractivity contribution in [3.8, 4) is 5.75 Å². The van der Waals surface area contributed by atoms with Crippen molar-refractivity contribution in [1.29, 1.82) is 0 Å². The van der Waals surface area contributed by atoms with E-state index in [0.29, 0.717) is 26.1 Å². The van der Waals surface area contributed by atoms with Gasteiger partial charge in [0.2, 0.25) is 5.91 Å². The predicted molar refractivity (Wildman–Crippen MR) is 109 cm³/mol. The van der Waals surface area contributed by atoms with Crippen LogP contribution in [-0.4, -0.2) is 37.7 Å². The standard InChI is InChI=1S/C22H25N3O3/c1-2-28-19-11-9-18(10-12-19)25-15-17(14-21(25)26)23-22(27)24-13-5-7-16-6-3-4-8-20(16)24/h3-4,6,8-12,17H,2,5,7,13-15H2,1H3,(H,23,27)/t17-/m0/s1. The average Bonchev–Trinajstić information content (AvgIpc) is 3.08. The van der Waals surface area contributed by atoms with E-state index in [2.05, 4.69) is 11.4 Å². The van der Waals surface area contributed by atoms with Crippen molar-refractivity contribution in [3.05, 3.63) is 54.1 Å². The molecule has 1 saturated heterocycles. The van der Waals surface area contributed by atoms with Gasteiger partial charge in [0.05, 0.1) is 12.6 Å². The van der Waals surface area contributed by atoms with Crippen LogP contribution >= 0.6 is 0 Å². The quantitative estimate of drug-likeness (QED) is 0.886. The molecule has 2 aromatic carbocycles. The molecule has 0 saturated carbocycles. The summed E-state index contributed by atoms with van der Waals surface area (Å²) < 4.78 is 5.45. The summed E-state index contributed by atoms with van der Waals surface area (Å²) in [6, 6.07) is 15.2. The molecule has 146 valence electrons. The molecule has 6 heteroatoms. The van der Waals surface area contributed by atoms with Crippen molar-refractivity contribution >= 4 is 23.3 Å². The summed E-state index contributed by atoms with van der Waals surface area (Å²) in [6.07, 6.45) is 2.26. The second-order valence-electron chi connectivity index (χ2n) is 7.17. The number of nitrogens with one attached hydrogen (secondary N) is 1. The molecule has 6 nitrogen and oxygen atoms in total. The molecule has 0 radical (unpaired) electrons. The van der Waals surface area contributed by atoms with Crippen molar-refractivity contribution in [2.75, 3.05) is 29.5 Å². The second-order valence-corrected chi connectivity index (χ2v) is 7.17. The number of nitrogens with zero attached hydrogens (tertiary/aromatic N) is 2. The first kappa shape index (κ1) is 18.3. The lowest BCUT2D eigenvalue weighted by atomic mass is 10.0. The van der Waals surface area contributed by atoms with Crippen LogP contribution in [0.3, 0.4) is 0 Å². The zero-order chi connectivity index (χ0) is 19.5. The third-order valence-electron chi connectivity index (χ3n) is 5.27. The lowest BCUT2D eigenvalue weighted by molar-refractivity contribution is -0.117.